The Morgan fingerprint density at radius 1 is 1.36 bits per heavy atom. The summed E-state index contributed by atoms with van der Waals surface area (Å²) in [4.78, 5) is 14.4. The van der Waals surface area contributed by atoms with Gasteiger partial charge in [-0.2, -0.15) is 0 Å². The minimum atomic E-state index is -0.405. The number of benzene rings is 1. The molecule has 1 aromatic carbocycles. The molecule has 0 spiro atoms. The van der Waals surface area contributed by atoms with E-state index in [1.165, 1.54) is 11.1 Å². The molecular formula is C18H25NO3. The van der Waals surface area contributed by atoms with Gasteiger partial charge in [-0.1, -0.05) is 24.3 Å². The first-order valence-electron chi connectivity index (χ1n) is 8.22. The van der Waals surface area contributed by atoms with Crippen LogP contribution in [0.2, 0.25) is 0 Å². The van der Waals surface area contributed by atoms with Crippen molar-refractivity contribution in [3.05, 3.63) is 35.4 Å². The number of ether oxygens (including phenoxy) is 2. The van der Waals surface area contributed by atoms with Gasteiger partial charge in [0, 0.05) is 19.7 Å². The Bertz CT molecular complexity index is 500. The molecule has 2 atom stereocenters. The molecule has 1 aliphatic carbocycles. The number of likely N-dealkylation sites (N-methyl/N-ethyl adjacent to an activating group) is 1. The Balaban J connectivity index is 1.51. The molecule has 0 aromatic heterocycles. The lowest BCUT2D eigenvalue weighted by molar-refractivity contribution is -0.145. The van der Waals surface area contributed by atoms with Gasteiger partial charge >= 0.3 is 0 Å². The smallest absolute Gasteiger partial charge is 0.251 e. The van der Waals surface area contributed by atoms with Crippen LogP contribution in [0.4, 0.5) is 0 Å². The van der Waals surface area contributed by atoms with Gasteiger partial charge in [0.05, 0.1) is 12.7 Å². The van der Waals surface area contributed by atoms with E-state index in [4.69, 9.17) is 9.47 Å². The highest BCUT2D eigenvalue weighted by atomic mass is 16.5. The predicted octanol–water partition coefficient (Wildman–Crippen LogP) is 2.20. The van der Waals surface area contributed by atoms with Gasteiger partial charge in [0.15, 0.2) is 0 Å². The molecule has 1 amide bonds. The molecule has 0 unspecified atom stereocenters. The third-order valence-electron chi connectivity index (χ3n) is 4.83. The van der Waals surface area contributed by atoms with Crippen molar-refractivity contribution in [3.8, 4) is 0 Å². The van der Waals surface area contributed by atoms with Gasteiger partial charge in [-0.05, 0) is 43.7 Å². The Hall–Kier alpha value is -1.39. The Morgan fingerprint density at radius 3 is 2.64 bits per heavy atom. The summed E-state index contributed by atoms with van der Waals surface area (Å²) in [5.74, 6) is 0.0656. The third kappa shape index (κ3) is 3.33. The number of carbonyl (C=O) groups excluding carboxylic acids is 1. The number of amides is 1. The van der Waals surface area contributed by atoms with Crippen LogP contribution in [0, 0.1) is 0 Å². The fourth-order valence-electron chi connectivity index (χ4n) is 3.37. The normalized spacial score (nSPS) is 22.5. The maximum atomic E-state index is 12.5. The van der Waals surface area contributed by atoms with Crippen molar-refractivity contribution >= 4 is 5.91 Å². The van der Waals surface area contributed by atoms with Crippen LogP contribution in [0.25, 0.3) is 0 Å². The second-order valence-electron chi connectivity index (χ2n) is 6.39. The van der Waals surface area contributed by atoms with Crippen molar-refractivity contribution in [1.82, 2.24) is 4.90 Å². The van der Waals surface area contributed by atoms with Crippen LogP contribution in [0.15, 0.2) is 24.3 Å². The molecule has 120 valence electrons. The summed E-state index contributed by atoms with van der Waals surface area (Å²) in [5, 5.41) is 0. The maximum Gasteiger partial charge on any atom is 0.251 e. The molecule has 1 heterocycles. The van der Waals surface area contributed by atoms with Gasteiger partial charge in [0.25, 0.3) is 5.91 Å². The number of rotatable bonds is 5. The van der Waals surface area contributed by atoms with Crippen molar-refractivity contribution in [2.45, 2.75) is 50.9 Å². The number of fused-ring (bicyclic) bond motifs is 1. The van der Waals surface area contributed by atoms with Crippen molar-refractivity contribution < 1.29 is 14.3 Å². The molecule has 0 saturated carbocycles. The molecular weight excluding hydrogens is 278 g/mol. The molecule has 22 heavy (non-hydrogen) atoms. The Labute approximate surface area is 132 Å². The molecule has 1 aromatic rings. The highest BCUT2D eigenvalue weighted by Gasteiger charge is 2.30. The summed E-state index contributed by atoms with van der Waals surface area (Å²) in [6.07, 6.45) is 3.77. The Kier molecular flexibility index (Phi) is 4.79. The summed E-state index contributed by atoms with van der Waals surface area (Å²) in [6.45, 7) is 3.18. The second kappa shape index (κ2) is 6.80. The first kappa shape index (κ1) is 15.5. The van der Waals surface area contributed by atoms with E-state index in [1.54, 1.807) is 0 Å². The van der Waals surface area contributed by atoms with E-state index in [-0.39, 0.29) is 18.1 Å². The first-order valence-corrected chi connectivity index (χ1v) is 8.22. The average Bonchev–Trinajstić information content (AvgIpc) is 3.19. The first-order chi connectivity index (χ1) is 10.6. The van der Waals surface area contributed by atoms with E-state index in [0.717, 1.165) is 32.3 Å². The molecule has 4 nitrogen and oxygen atoms in total. The van der Waals surface area contributed by atoms with Gasteiger partial charge < -0.3 is 14.4 Å². The standard InChI is InChI=1S/C18H25NO3/c1-13(22-12-17-8-5-9-21-17)18(20)19(2)16-10-14-6-3-4-7-15(14)11-16/h3-4,6-7,13,16-17H,5,8-12H2,1-2H3/t13-,17+/m0/s1. The summed E-state index contributed by atoms with van der Waals surface area (Å²) in [6, 6.07) is 8.70. The van der Waals surface area contributed by atoms with Gasteiger partial charge in [-0.15, -0.1) is 0 Å². The van der Waals surface area contributed by atoms with Gasteiger partial charge in [0.2, 0.25) is 0 Å². The molecule has 0 N–H and O–H groups in total. The number of nitrogens with zero attached hydrogens (tertiary/aromatic N) is 1. The molecule has 1 saturated heterocycles. The van der Waals surface area contributed by atoms with Gasteiger partial charge in [0.1, 0.15) is 6.10 Å². The minimum absolute atomic E-state index is 0.0656. The maximum absolute atomic E-state index is 12.5. The number of carbonyl (C=O) groups is 1. The fourth-order valence-corrected chi connectivity index (χ4v) is 3.37. The van der Waals surface area contributed by atoms with E-state index in [1.807, 2.05) is 18.9 Å². The van der Waals surface area contributed by atoms with E-state index in [9.17, 15) is 4.79 Å². The molecule has 4 heteroatoms. The van der Waals surface area contributed by atoms with Gasteiger partial charge in [-0.3, -0.25) is 4.79 Å². The zero-order chi connectivity index (χ0) is 15.5. The molecule has 3 rings (SSSR count). The van der Waals surface area contributed by atoms with Crippen LogP contribution in [-0.4, -0.2) is 49.3 Å². The summed E-state index contributed by atoms with van der Waals surface area (Å²) in [7, 11) is 1.89. The fraction of sp³-hybridized carbons (Fsp3) is 0.611. The lowest BCUT2D eigenvalue weighted by Gasteiger charge is -2.27. The molecule has 2 aliphatic rings. The zero-order valence-electron chi connectivity index (χ0n) is 13.5. The van der Waals surface area contributed by atoms with Crippen LogP contribution in [0.3, 0.4) is 0 Å². The predicted molar refractivity (Wildman–Crippen MR) is 84.8 cm³/mol. The lowest BCUT2D eigenvalue weighted by Crippen LogP contribution is -2.44. The monoisotopic (exact) mass is 303 g/mol. The van der Waals surface area contributed by atoms with Crippen LogP contribution >= 0.6 is 0 Å². The highest BCUT2D eigenvalue weighted by molar-refractivity contribution is 5.80. The largest absolute Gasteiger partial charge is 0.376 e. The quantitative estimate of drug-likeness (QED) is 0.837. The van der Waals surface area contributed by atoms with Crippen molar-refractivity contribution in [1.29, 1.82) is 0 Å². The average molecular weight is 303 g/mol. The minimum Gasteiger partial charge on any atom is -0.376 e. The molecule has 1 fully saturated rings. The number of hydrogen-bond acceptors (Lipinski definition) is 3. The summed E-state index contributed by atoms with van der Waals surface area (Å²) in [5.41, 5.74) is 2.72. The Morgan fingerprint density at radius 2 is 2.05 bits per heavy atom. The third-order valence-corrected chi connectivity index (χ3v) is 4.83. The second-order valence-corrected chi connectivity index (χ2v) is 6.39. The van der Waals surface area contributed by atoms with Crippen molar-refractivity contribution in [2.24, 2.45) is 0 Å². The lowest BCUT2D eigenvalue weighted by atomic mass is 10.1. The van der Waals surface area contributed by atoms with E-state index >= 15 is 0 Å². The SMILES string of the molecule is C[C@H](OC[C@H]1CCCO1)C(=O)N(C)C1Cc2ccccc2C1. The van der Waals surface area contributed by atoms with Crippen molar-refractivity contribution in [3.63, 3.8) is 0 Å². The van der Waals surface area contributed by atoms with Gasteiger partial charge in [-0.25, -0.2) is 0 Å². The topological polar surface area (TPSA) is 38.8 Å². The molecule has 0 bridgehead atoms. The van der Waals surface area contributed by atoms with Crippen LogP contribution in [0.5, 0.6) is 0 Å². The van der Waals surface area contributed by atoms with Crippen molar-refractivity contribution in [2.75, 3.05) is 20.3 Å². The number of hydrogen-bond donors (Lipinski definition) is 0. The zero-order valence-corrected chi connectivity index (χ0v) is 13.5. The van der Waals surface area contributed by atoms with E-state index in [0.29, 0.717) is 6.61 Å². The van der Waals surface area contributed by atoms with E-state index < -0.39 is 6.10 Å². The highest BCUT2D eigenvalue weighted by Crippen LogP contribution is 2.25. The molecule has 1 aliphatic heterocycles. The summed E-state index contributed by atoms with van der Waals surface area (Å²) >= 11 is 0. The molecule has 0 radical (unpaired) electrons. The van der Waals surface area contributed by atoms with E-state index in [2.05, 4.69) is 24.3 Å². The summed E-state index contributed by atoms with van der Waals surface area (Å²) < 4.78 is 11.3. The van der Waals surface area contributed by atoms with Crippen LogP contribution in [0.1, 0.15) is 30.9 Å². The van der Waals surface area contributed by atoms with Crippen LogP contribution in [-0.2, 0) is 27.1 Å². The van der Waals surface area contributed by atoms with Crippen LogP contribution < -0.4 is 0 Å².